The van der Waals surface area contributed by atoms with Gasteiger partial charge in [0.15, 0.2) is 0 Å². The van der Waals surface area contributed by atoms with E-state index in [1.54, 1.807) is 20.8 Å². The number of carbonyl (C=O) groups is 1. The van der Waals surface area contributed by atoms with Gasteiger partial charge in [-0.15, -0.1) is 0 Å². The highest BCUT2D eigenvalue weighted by Gasteiger charge is 2.43. The van der Waals surface area contributed by atoms with Crippen LogP contribution in [0.15, 0.2) is 35.4 Å². The zero-order valence-corrected chi connectivity index (χ0v) is 14.6. The van der Waals surface area contributed by atoms with E-state index >= 15 is 0 Å². The molecule has 3 atom stereocenters. The van der Waals surface area contributed by atoms with Gasteiger partial charge in [-0.2, -0.15) is 0 Å². The van der Waals surface area contributed by atoms with Crippen molar-refractivity contribution in [2.75, 3.05) is 6.54 Å². The third kappa shape index (κ3) is 5.23. The van der Waals surface area contributed by atoms with E-state index in [0.717, 1.165) is 5.56 Å². The quantitative estimate of drug-likeness (QED) is 0.403. The lowest BCUT2D eigenvalue weighted by molar-refractivity contribution is -0.150. The van der Waals surface area contributed by atoms with E-state index in [0.29, 0.717) is 6.42 Å². The van der Waals surface area contributed by atoms with Crippen LogP contribution in [0.4, 0.5) is 0 Å². The van der Waals surface area contributed by atoms with E-state index < -0.39 is 29.1 Å². The molecular formula is C17H26N4O3. The van der Waals surface area contributed by atoms with Gasteiger partial charge < -0.3 is 15.5 Å². The first-order valence-corrected chi connectivity index (χ1v) is 7.85. The molecule has 0 radical (unpaired) electrons. The van der Waals surface area contributed by atoms with Crippen LogP contribution in [0.5, 0.6) is 0 Å². The summed E-state index contributed by atoms with van der Waals surface area (Å²) in [4.78, 5) is 15.1. The molecule has 0 unspecified atom stereocenters. The fourth-order valence-corrected chi connectivity index (χ4v) is 2.05. The Balaban J connectivity index is 2.96. The molecule has 0 aromatic heterocycles. The third-order valence-electron chi connectivity index (χ3n) is 4.31. The summed E-state index contributed by atoms with van der Waals surface area (Å²) >= 11 is 0. The van der Waals surface area contributed by atoms with Crippen LogP contribution >= 0.6 is 0 Å². The van der Waals surface area contributed by atoms with Crippen LogP contribution in [-0.2, 0) is 11.2 Å². The van der Waals surface area contributed by atoms with Crippen molar-refractivity contribution in [2.45, 2.75) is 51.9 Å². The van der Waals surface area contributed by atoms with Crippen molar-refractivity contribution >= 4 is 5.91 Å². The Morgan fingerprint density at radius 3 is 2.38 bits per heavy atom. The second-order valence-electron chi connectivity index (χ2n) is 7.07. The molecular weight excluding hydrogens is 308 g/mol. The Morgan fingerprint density at radius 1 is 1.29 bits per heavy atom. The summed E-state index contributed by atoms with van der Waals surface area (Å²) in [7, 11) is 0. The predicted octanol–water partition coefficient (Wildman–Crippen LogP) is 2.18. The predicted molar refractivity (Wildman–Crippen MR) is 92.2 cm³/mol. The van der Waals surface area contributed by atoms with Crippen LogP contribution in [0.3, 0.4) is 0 Å². The number of azide groups is 1. The minimum atomic E-state index is -1.61. The van der Waals surface area contributed by atoms with Crippen molar-refractivity contribution in [3.8, 4) is 0 Å². The van der Waals surface area contributed by atoms with Gasteiger partial charge in [-0.05, 0) is 29.9 Å². The smallest absolute Gasteiger partial charge is 0.252 e. The number of benzene rings is 1. The molecule has 0 bridgehead atoms. The molecule has 0 saturated carbocycles. The van der Waals surface area contributed by atoms with E-state index in [-0.39, 0.29) is 6.54 Å². The number of hydrogen-bond acceptors (Lipinski definition) is 4. The maximum atomic E-state index is 12.5. The van der Waals surface area contributed by atoms with Gasteiger partial charge in [0.1, 0.15) is 5.60 Å². The Morgan fingerprint density at radius 2 is 1.88 bits per heavy atom. The molecule has 1 amide bonds. The molecule has 3 N–H and O–H groups in total. The van der Waals surface area contributed by atoms with Crippen molar-refractivity contribution in [2.24, 2.45) is 10.5 Å². The molecule has 0 heterocycles. The van der Waals surface area contributed by atoms with Crippen LogP contribution in [0.25, 0.3) is 10.4 Å². The zero-order chi connectivity index (χ0) is 18.4. The molecule has 0 saturated heterocycles. The number of aliphatic hydroxyl groups excluding tert-OH is 1. The third-order valence-corrected chi connectivity index (χ3v) is 4.31. The Labute approximate surface area is 142 Å². The number of carbonyl (C=O) groups excluding carboxylic acids is 1. The minimum absolute atomic E-state index is 0.161. The summed E-state index contributed by atoms with van der Waals surface area (Å²) in [6, 6.07) is 8.67. The van der Waals surface area contributed by atoms with Gasteiger partial charge >= 0.3 is 0 Å². The standard InChI is InChI=1S/C17H26N4O3/c1-16(2,3)17(4,24)15(23)20-13(14(22)11-19-21-18)10-12-8-6-5-7-9-12/h5-9,13-14,22,24H,10-11H2,1-4H3,(H,20,23)/t13-,14+,17-/m0/s1. The lowest BCUT2D eigenvalue weighted by atomic mass is 9.77. The Hall–Kier alpha value is -2.08. The summed E-state index contributed by atoms with van der Waals surface area (Å²) < 4.78 is 0. The van der Waals surface area contributed by atoms with Gasteiger partial charge in [0.2, 0.25) is 0 Å². The van der Waals surface area contributed by atoms with Gasteiger partial charge in [0.05, 0.1) is 18.7 Å². The van der Waals surface area contributed by atoms with Gasteiger partial charge in [-0.3, -0.25) is 4.79 Å². The molecule has 0 spiro atoms. The van der Waals surface area contributed by atoms with Gasteiger partial charge in [-0.1, -0.05) is 56.2 Å². The molecule has 0 aliphatic rings. The molecule has 1 rings (SSSR count). The first-order valence-electron chi connectivity index (χ1n) is 7.85. The Kier molecular flexibility index (Phi) is 6.78. The number of nitrogens with one attached hydrogen (secondary N) is 1. The second-order valence-corrected chi connectivity index (χ2v) is 7.07. The number of rotatable bonds is 7. The van der Waals surface area contributed by atoms with E-state index in [1.807, 2.05) is 30.3 Å². The molecule has 132 valence electrons. The highest BCUT2D eigenvalue weighted by molar-refractivity contribution is 5.85. The molecule has 7 heteroatoms. The van der Waals surface area contributed by atoms with Gasteiger partial charge in [0.25, 0.3) is 5.91 Å². The molecule has 1 aromatic rings. The average Bonchev–Trinajstić information content (AvgIpc) is 2.51. The molecule has 0 aliphatic heterocycles. The lowest BCUT2D eigenvalue weighted by Gasteiger charge is -2.37. The summed E-state index contributed by atoms with van der Waals surface area (Å²) in [6.45, 7) is 6.56. The summed E-state index contributed by atoms with van der Waals surface area (Å²) in [5.74, 6) is -0.573. The van der Waals surface area contributed by atoms with Crippen molar-refractivity contribution < 1.29 is 15.0 Å². The van der Waals surface area contributed by atoms with Crippen LogP contribution in [0, 0.1) is 5.41 Å². The maximum absolute atomic E-state index is 12.5. The van der Waals surface area contributed by atoms with E-state index in [4.69, 9.17) is 5.53 Å². The van der Waals surface area contributed by atoms with Crippen molar-refractivity contribution in [1.82, 2.24) is 5.32 Å². The van der Waals surface area contributed by atoms with Crippen molar-refractivity contribution in [3.05, 3.63) is 46.3 Å². The van der Waals surface area contributed by atoms with E-state index in [9.17, 15) is 15.0 Å². The maximum Gasteiger partial charge on any atom is 0.252 e. The lowest BCUT2D eigenvalue weighted by Crippen LogP contribution is -2.58. The number of nitrogens with zero attached hydrogens (tertiary/aromatic N) is 3. The highest BCUT2D eigenvalue weighted by Crippen LogP contribution is 2.30. The van der Waals surface area contributed by atoms with Crippen molar-refractivity contribution in [3.63, 3.8) is 0 Å². The normalized spacial score (nSPS) is 16.4. The van der Waals surface area contributed by atoms with Crippen LogP contribution in [0.1, 0.15) is 33.3 Å². The van der Waals surface area contributed by atoms with Crippen LogP contribution < -0.4 is 5.32 Å². The molecule has 0 aliphatic carbocycles. The van der Waals surface area contributed by atoms with Crippen molar-refractivity contribution in [1.29, 1.82) is 0 Å². The largest absolute Gasteiger partial charge is 0.391 e. The highest BCUT2D eigenvalue weighted by atomic mass is 16.3. The fourth-order valence-electron chi connectivity index (χ4n) is 2.05. The first kappa shape index (κ1) is 20.0. The monoisotopic (exact) mass is 334 g/mol. The fraction of sp³-hybridized carbons (Fsp3) is 0.588. The van der Waals surface area contributed by atoms with Gasteiger partial charge in [-0.25, -0.2) is 0 Å². The first-order chi connectivity index (χ1) is 11.1. The van der Waals surface area contributed by atoms with E-state index in [1.165, 1.54) is 6.92 Å². The number of aliphatic hydroxyl groups is 2. The van der Waals surface area contributed by atoms with Crippen LogP contribution in [0.2, 0.25) is 0 Å². The second kappa shape index (κ2) is 8.15. The van der Waals surface area contributed by atoms with Gasteiger partial charge in [0, 0.05) is 4.91 Å². The number of amides is 1. The summed E-state index contributed by atoms with van der Waals surface area (Å²) in [5.41, 5.74) is 7.05. The average molecular weight is 334 g/mol. The zero-order valence-electron chi connectivity index (χ0n) is 14.6. The summed E-state index contributed by atoms with van der Waals surface area (Å²) in [6.07, 6.45) is -0.699. The van der Waals surface area contributed by atoms with E-state index in [2.05, 4.69) is 15.3 Å². The summed E-state index contributed by atoms with van der Waals surface area (Å²) in [5, 5.41) is 26.8. The van der Waals surface area contributed by atoms with Crippen LogP contribution in [-0.4, -0.2) is 40.4 Å². The molecule has 7 nitrogen and oxygen atoms in total. The molecule has 24 heavy (non-hydrogen) atoms. The number of hydrogen-bond donors (Lipinski definition) is 3. The minimum Gasteiger partial charge on any atom is -0.391 e. The SMILES string of the molecule is CC(C)(C)[C@@](C)(O)C(=O)N[C@@H](Cc1ccccc1)[C@H](O)CN=[N+]=[N-]. The molecule has 1 aromatic carbocycles. The molecule has 0 fully saturated rings. The topological polar surface area (TPSA) is 118 Å². The Bertz CT molecular complexity index is 590.